The molecule has 0 radical (unpaired) electrons. The molecule has 0 aliphatic rings. The normalized spacial score (nSPS) is 11.2. The first-order chi connectivity index (χ1) is 10.0. The zero-order chi connectivity index (χ0) is 15.3. The number of aryl methyl sites for hydroxylation is 1. The molecule has 1 aromatic heterocycles. The van der Waals surface area contributed by atoms with Crippen molar-refractivity contribution in [3.63, 3.8) is 0 Å². The zero-order valence-electron chi connectivity index (χ0n) is 10.9. The van der Waals surface area contributed by atoms with Crippen molar-refractivity contribution in [3.8, 4) is 6.07 Å². The molecule has 21 heavy (non-hydrogen) atoms. The van der Waals surface area contributed by atoms with Gasteiger partial charge in [0.2, 0.25) is 10.0 Å². The molecule has 0 atom stereocenters. The summed E-state index contributed by atoms with van der Waals surface area (Å²) in [5.41, 5.74) is 0.237. The van der Waals surface area contributed by atoms with Crippen molar-refractivity contribution in [2.45, 2.75) is 17.7 Å². The molecule has 2 aromatic rings. The molecule has 9 heteroatoms. The number of nitrogens with zero attached hydrogens (tertiary/aromatic N) is 3. The lowest BCUT2D eigenvalue weighted by molar-refractivity contribution is 0.578. The van der Waals surface area contributed by atoms with Crippen molar-refractivity contribution >= 4 is 21.6 Å². The summed E-state index contributed by atoms with van der Waals surface area (Å²) in [6.45, 7) is 0.232. The Balaban J connectivity index is 2.00. The maximum Gasteiger partial charge on any atom is 0.242 e. The molecule has 0 amide bonds. The van der Waals surface area contributed by atoms with Crippen molar-refractivity contribution in [2.75, 3.05) is 6.54 Å². The number of rotatable bonds is 6. The average Bonchev–Trinajstić information content (AvgIpc) is 2.97. The van der Waals surface area contributed by atoms with E-state index in [1.54, 1.807) is 0 Å². The van der Waals surface area contributed by atoms with Crippen molar-refractivity contribution in [1.82, 2.24) is 19.9 Å². The molecule has 2 N–H and O–H groups in total. The third kappa shape index (κ3) is 4.01. The smallest absolute Gasteiger partial charge is 0.242 e. The fraction of sp³-hybridized carbons (Fsp3) is 0.250. The van der Waals surface area contributed by atoms with Crippen molar-refractivity contribution in [2.24, 2.45) is 0 Å². The molecule has 1 aromatic carbocycles. The third-order valence-corrected chi connectivity index (χ3v) is 4.64. The maximum absolute atomic E-state index is 12.1. The van der Waals surface area contributed by atoms with E-state index in [-0.39, 0.29) is 22.0 Å². The number of sulfonamides is 1. The highest BCUT2D eigenvalue weighted by molar-refractivity contribution is 7.89. The fourth-order valence-corrected chi connectivity index (χ4v) is 3.27. The van der Waals surface area contributed by atoms with Crippen LogP contribution in [-0.4, -0.2) is 30.1 Å². The number of hydrogen-bond donors (Lipinski definition) is 2. The number of benzene rings is 1. The van der Waals surface area contributed by atoms with Crippen molar-refractivity contribution in [3.05, 3.63) is 40.9 Å². The minimum Gasteiger partial charge on any atom is -0.263 e. The molecule has 0 saturated heterocycles. The first kappa shape index (κ1) is 15.4. The topological polar surface area (TPSA) is 112 Å². The summed E-state index contributed by atoms with van der Waals surface area (Å²) in [7, 11) is -3.74. The second-order valence-corrected chi connectivity index (χ2v) is 6.33. The molecule has 0 aliphatic carbocycles. The number of hydrogen-bond acceptors (Lipinski definition) is 5. The summed E-state index contributed by atoms with van der Waals surface area (Å²) in [5.74, 6) is 0.693. The van der Waals surface area contributed by atoms with E-state index in [0.717, 1.165) is 0 Å². The first-order valence-corrected chi connectivity index (χ1v) is 7.92. The standard InChI is InChI=1S/C12H12ClN5O2S/c13-10-4-3-9(7-14)6-11(10)21(19,20)17-5-1-2-12-15-8-16-18-12/h3-4,6,8,17H,1-2,5H2,(H,15,16,18). The molecular weight excluding hydrogens is 314 g/mol. The number of nitrogens with one attached hydrogen (secondary N) is 2. The van der Waals surface area contributed by atoms with Crippen LogP contribution < -0.4 is 4.72 Å². The van der Waals surface area contributed by atoms with Crippen LogP contribution in [0.15, 0.2) is 29.4 Å². The summed E-state index contributed by atoms with van der Waals surface area (Å²) in [5, 5.41) is 15.3. The first-order valence-electron chi connectivity index (χ1n) is 6.06. The summed E-state index contributed by atoms with van der Waals surface area (Å²) in [6, 6.07) is 5.99. The molecule has 0 aliphatic heterocycles. The van der Waals surface area contributed by atoms with E-state index in [9.17, 15) is 8.42 Å². The molecule has 0 unspecified atom stereocenters. The molecule has 2 rings (SSSR count). The van der Waals surface area contributed by atoms with Gasteiger partial charge < -0.3 is 0 Å². The molecule has 110 valence electrons. The quantitative estimate of drug-likeness (QED) is 0.776. The highest BCUT2D eigenvalue weighted by Crippen LogP contribution is 2.22. The van der Waals surface area contributed by atoms with Gasteiger partial charge in [-0.25, -0.2) is 18.1 Å². The minimum atomic E-state index is -3.74. The SMILES string of the molecule is N#Cc1ccc(Cl)c(S(=O)(=O)NCCCc2ncn[nH]2)c1. The number of H-pyrrole nitrogens is 1. The van der Waals surface area contributed by atoms with E-state index in [1.807, 2.05) is 6.07 Å². The van der Waals surface area contributed by atoms with E-state index in [4.69, 9.17) is 16.9 Å². The van der Waals surface area contributed by atoms with Gasteiger partial charge in [-0.3, -0.25) is 5.10 Å². The van der Waals surface area contributed by atoms with Gasteiger partial charge in [0.15, 0.2) is 0 Å². The van der Waals surface area contributed by atoms with Gasteiger partial charge in [-0.05, 0) is 24.6 Å². The lowest BCUT2D eigenvalue weighted by Crippen LogP contribution is -2.25. The van der Waals surface area contributed by atoms with Crippen molar-refractivity contribution in [1.29, 1.82) is 5.26 Å². The fourth-order valence-electron chi connectivity index (χ4n) is 1.67. The van der Waals surface area contributed by atoms with Gasteiger partial charge in [0, 0.05) is 13.0 Å². The molecule has 0 spiro atoms. The summed E-state index contributed by atoms with van der Waals surface area (Å²) in [4.78, 5) is 3.85. The maximum atomic E-state index is 12.1. The van der Waals surface area contributed by atoms with Gasteiger partial charge in [-0.1, -0.05) is 11.6 Å². The zero-order valence-corrected chi connectivity index (χ0v) is 12.4. The van der Waals surface area contributed by atoms with Crippen LogP contribution in [-0.2, 0) is 16.4 Å². The Morgan fingerprint density at radius 3 is 2.90 bits per heavy atom. The lowest BCUT2D eigenvalue weighted by atomic mass is 10.2. The van der Waals surface area contributed by atoms with E-state index in [1.165, 1.54) is 24.5 Å². The second kappa shape index (κ2) is 6.67. The van der Waals surface area contributed by atoms with Gasteiger partial charge in [-0.2, -0.15) is 10.4 Å². The second-order valence-electron chi connectivity index (χ2n) is 4.19. The Labute approximate surface area is 127 Å². The molecule has 0 bridgehead atoms. The minimum absolute atomic E-state index is 0.0803. The lowest BCUT2D eigenvalue weighted by Gasteiger charge is -2.08. The van der Waals surface area contributed by atoms with Crippen LogP contribution in [0.5, 0.6) is 0 Å². The van der Waals surface area contributed by atoms with Gasteiger partial charge in [0.05, 0.1) is 16.7 Å². The van der Waals surface area contributed by atoms with Gasteiger partial charge in [-0.15, -0.1) is 0 Å². The summed E-state index contributed by atoms with van der Waals surface area (Å²) >= 11 is 5.88. The van der Waals surface area contributed by atoms with Crippen LogP contribution in [0.25, 0.3) is 0 Å². The van der Waals surface area contributed by atoms with Gasteiger partial charge >= 0.3 is 0 Å². The van der Waals surface area contributed by atoms with E-state index in [2.05, 4.69) is 19.9 Å². The van der Waals surface area contributed by atoms with Crippen LogP contribution in [0.4, 0.5) is 0 Å². The Bertz CT molecular complexity index is 752. The van der Waals surface area contributed by atoms with Crippen LogP contribution in [0.3, 0.4) is 0 Å². The molecule has 1 heterocycles. The third-order valence-electron chi connectivity index (χ3n) is 2.70. The van der Waals surface area contributed by atoms with E-state index >= 15 is 0 Å². The van der Waals surface area contributed by atoms with Crippen LogP contribution >= 0.6 is 11.6 Å². The monoisotopic (exact) mass is 325 g/mol. The largest absolute Gasteiger partial charge is 0.263 e. The predicted octanol–water partition coefficient (Wildman–Crippen LogP) is 1.24. The molecule has 0 fully saturated rings. The molecule has 7 nitrogen and oxygen atoms in total. The Kier molecular flexibility index (Phi) is 4.90. The van der Waals surface area contributed by atoms with Crippen molar-refractivity contribution < 1.29 is 8.42 Å². The van der Waals surface area contributed by atoms with E-state index < -0.39 is 10.0 Å². The van der Waals surface area contributed by atoms with Crippen LogP contribution in [0.2, 0.25) is 5.02 Å². The number of aromatic nitrogens is 3. The molecular formula is C12H12ClN5O2S. The average molecular weight is 326 g/mol. The number of aromatic amines is 1. The Morgan fingerprint density at radius 1 is 1.43 bits per heavy atom. The number of nitriles is 1. The number of halogens is 1. The Hall–Kier alpha value is -1.95. The van der Waals surface area contributed by atoms with Gasteiger partial charge in [0.1, 0.15) is 17.0 Å². The summed E-state index contributed by atoms with van der Waals surface area (Å²) < 4.78 is 26.7. The highest BCUT2D eigenvalue weighted by Gasteiger charge is 2.18. The summed E-state index contributed by atoms with van der Waals surface area (Å²) in [6.07, 6.45) is 2.53. The molecule has 0 saturated carbocycles. The van der Waals surface area contributed by atoms with Gasteiger partial charge in [0.25, 0.3) is 0 Å². The van der Waals surface area contributed by atoms with Crippen LogP contribution in [0.1, 0.15) is 17.8 Å². The van der Waals surface area contributed by atoms with Crippen LogP contribution in [0, 0.1) is 11.3 Å². The van der Waals surface area contributed by atoms with E-state index in [0.29, 0.717) is 18.7 Å². The predicted molar refractivity (Wildman–Crippen MR) is 76.1 cm³/mol. The highest BCUT2D eigenvalue weighted by atomic mass is 35.5. The Morgan fingerprint density at radius 2 is 2.24 bits per heavy atom.